The van der Waals surface area contributed by atoms with Gasteiger partial charge in [-0.1, -0.05) is 0 Å². The Labute approximate surface area is 93.2 Å². The summed E-state index contributed by atoms with van der Waals surface area (Å²) in [7, 11) is 1.42. The van der Waals surface area contributed by atoms with E-state index in [2.05, 4.69) is 0 Å². The Kier molecular flexibility index (Phi) is 2.80. The number of rotatable bonds is 4. The number of carbonyl (C=O) groups is 1. The quantitative estimate of drug-likeness (QED) is 0.795. The van der Waals surface area contributed by atoms with Crippen LogP contribution in [0.25, 0.3) is 0 Å². The molecule has 0 atom stereocenters. The number of nitrogens with two attached hydrogens (primary N) is 1. The number of thiophene rings is 1. The average molecular weight is 225 g/mol. The molecule has 1 aromatic heterocycles. The number of methoxy groups -OCH3 is 1. The van der Waals surface area contributed by atoms with Crippen molar-refractivity contribution in [3.8, 4) is 0 Å². The Morgan fingerprint density at radius 1 is 1.67 bits per heavy atom. The monoisotopic (exact) mass is 225 g/mol. The van der Waals surface area contributed by atoms with Crippen molar-refractivity contribution in [1.29, 1.82) is 0 Å². The van der Waals surface area contributed by atoms with Crippen LogP contribution in [0.4, 0.5) is 0 Å². The summed E-state index contributed by atoms with van der Waals surface area (Å²) < 4.78 is 4.74. The fraction of sp³-hybridized carbons (Fsp3) is 0.545. The predicted molar refractivity (Wildman–Crippen MR) is 60.1 cm³/mol. The summed E-state index contributed by atoms with van der Waals surface area (Å²) in [5.41, 5.74) is 7.09. The molecular weight excluding hydrogens is 210 g/mol. The first-order chi connectivity index (χ1) is 7.21. The molecule has 0 unspecified atom stereocenters. The summed E-state index contributed by atoms with van der Waals surface area (Å²) in [4.78, 5) is 12.2. The lowest BCUT2D eigenvalue weighted by molar-refractivity contribution is 0.0605. The third kappa shape index (κ3) is 2.06. The molecule has 4 heteroatoms. The second-order valence-electron chi connectivity index (χ2n) is 4.15. The lowest BCUT2D eigenvalue weighted by Crippen LogP contribution is -2.18. The van der Waals surface area contributed by atoms with Gasteiger partial charge in [0, 0.05) is 0 Å². The first kappa shape index (κ1) is 10.6. The fourth-order valence-corrected chi connectivity index (χ4v) is 2.62. The highest BCUT2D eigenvalue weighted by Gasteiger charge is 2.41. The molecule has 1 heterocycles. The number of carbonyl (C=O) groups excluding carboxylic acids is 1. The third-order valence-corrected chi connectivity index (χ3v) is 4.01. The zero-order valence-electron chi connectivity index (χ0n) is 8.79. The van der Waals surface area contributed by atoms with E-state index in [-0.39, 0.29) is 11.4 Å². The van der Waals surface area contributed by atoms with Crippen LogP contribution in [0.2, 0.25) is 0 Å². The van der Waals surface area contributed by atoms with Crippen LogP contribution in [0.15, 0.2) is 11.4 Å². The Morgan fingerprint density at radius 2 is 2.40 bits per heavy atom. The number of hydrogen-bond donors (Lipinski definition) is 1. The maximum absolute atomic E-state index is 11.4. The molecule has 2 rings (SSSR count). The molecule has 0 bridgehead atoms. The van der Waals surface area contributed by atoms with Crippen LogP contribution >= 0.6 is 11.3 Å². The molecule has 1 fully saturated rings. The van der Waals surface area contributed by atoms with Gasteiger partial charge in [-0.25, -0.2) is 4.79 Å². The summed E-state index contributed by atoms with van der Waals surface area (Å²) in [6, 6.07) is 2.01. The van der Waals surface area contributed by atoms with Crippen LogP contribution in [0, 0.1) is 5.41 Å². The predicted octanol–water partition coefficient (Wildman–Crippen LogP) is 1.82. The van der Waals surface area contributed by atoms with E-state index in [9.17, 15) is 4.79 Å². The molecule has 0 aromatic carbocycles. The van der Waals surface area contributed by atoms with Crippen molar-refractivity contribution in [2.45, 2.75) is 19.3 Å². The number of hydrogen-bond acceptors (Lipinski definition) is 4. The molecule has 0 aliphatic heterocycles. The maximum Gasteiger partial charge on any atom is 0.348 e. The molecule has 0 spiro atoms. The third-order valence-electron chi connectivity index (χ3n) is 3.07. The van der Waals surface area contributed by atoms with E-state index in [4.69, 9.17) is 10.5 Å². The van der Waals surface area contributed by atoms with Crippen molar-refractivity contribution < 1.29 is 9.53 Å². The Balaban J connectivity index is 2.15. The van der Waals surface area contributed by atoms with Gasteiger partial charge in [0.05, 0.1) is 7.11 Å². The number of ether oxygens (including phenoxy) is 1. The van der Waals surface area contributed by atoms with Gasteiger partial charge in [-0.15, -0.1) is 11.3 Å². The molecule has 3 nitrogen and oxygen atoms in total. The Morgan fingerprint density at radius 3 is 2.93 bits per heavy atom. The zero-order chi connectivity index (χ0) is 10.9. The van der Waals surface area contributed by atoms with Crippen molar-refractivity contribution in [2.75, 3.05) is 13.7 Å². The summed E-state index contributed by atoms with van der Waals surface area (Å²) in [5, 5.41) is 1.94. The highest BCUT2D eigenvalue weighted by atomic mass is 32.1. The van der Waals surface area contributed by atoms with Gasteiger partial charge < -0.3 is 10.5 Å². The SMILES string of the molecule is COC(=O)c1sccc1CC1(CN)CC1. The van der Waals surface area contributed by atoms with E-state index < -0.39 is 0 Å². The van der Waals surface area contributed by atoms with Gasteiger partial charge in [0.2, 0.25) is 0 Å². The molecule has 0 saturated heterocycles. The summed E-state index contributed by atoms with van der Waals surface area (Å²) >= 11 is 1.45. The average Bonchev–Trinajstić information content (AvgIpc) is 2.88. The standard InChI is InChI=1S/C11H15NO2S/c1-14-10(13)9-8(2-5-15-9)6-11(7-12)3-4-11/h2,5H,3-4,6-7,12H2,1H3. The first-order valence-electron chi connectivity index (χ1n) is 5.05. The molecule has 15 heavy (non-hydrogen) atoms. The minimum atomic E-state index is -0.229. The molecule has 82 valence electrons. The van der Waals surface area contributed by atoms with E-state index in [1.807, 2.05) is 11.4 Å². The van der Waals surface area contributed by atoms with Crippen molar-refractivity contribution in [2.24, 2.45) is 11.1 Å². The van der Waals surface area contributed by atoms with Crippen LogP contribution in [0.1, 0.15) is 28.1 Å². The van der Waals surface area contributed by atoms with Gasteiger partial charge in [0.1, 0.15) is 4.88 Å². The van der Waals surface area contributed by atoms with E-state index >= 15 is 0 Å². The minimum Gasteiger partial charge on any atom is -0.465 e. The van der Waals surface area contributed by atoms with Gasteiger partial charge in [-0.3, -0.25) is 0 Å². The molecule has 1 aromatic rings. The molecule has 1 aliphatic rings. The normalized spacial score (nSPS) is 17.5. The van der Waals surface area contributed by atoms with E-state index in [0.29, 0.717) is 6.54 Å². The molecular formula is C11H15NO2S. The van der Waals surface area contributed by atoms with Crippen molar-refractivity contribution in [1.82, 2.24) is 0 Å². The van der Waals surface area contributed by atoms with Crippen molar-refractivity contribution in [3.05, 3.63) is 21.9 Å². The van der Waals surface area contributed by atoms with E-state index in [1.165, 1.54) is 31.3 Å². The van der Waals surface area contributed by atoms with Gasteiger partial charge in [-0.2, -0.15) is 0 Å². The number of esters is 1. The fourth-order valence-electron chi connectivity index (χ4n) is 1.78. The lowest BCUT2D eigenvalue weighted by Gasteiger charge is -2.11. The van der Waals surface area contributed by atoms with Crippen LogP contribution in [-0.2, 0) is 11.2 Å². The molecule has 0 amide bonds. The molecule has 1 saturated carbocycles. The second kappa shape index (κ2) is 3.94. The zero-order valence-corrected chi connectivity index (χ0v) is 9.60. The smallest absolute Gasteiger partial charge is 0.348 e. The highest BCUT2D eigenvalue weighted by molar-refractivity contribution is 7.12. The van der Waals surface area contributed by atoms with Crippen LogP contribution in [-0.4, -0.2) is 19.6 Å². The van der Waals surface area contributed by atoms with Crippen molar-refractivity contribution in [3.63, 3.8) is 0 Å². The highest BCUT2D eigenvalue weighted by Crippen LogP contribution is 2.48. The van der Waals surface area contributed by atoms with Gasteiger partial charge in [-0.05, 0) is 48.2 Å². The van der Waals surface area contributed by atoms with Gasteiger partial charge >= 0.3 is 5.97 Å². The molecule has 0 radical (unpaired) electrons. The maximum atomic E-state index is 11.4. The Hall–Kier alpha value is -0.870. The minimum absolute atomic E-state index is 0.229. The van der Waals surface area contributed by atoms with Crippen LogP contribution < -0.4 is 5.73 Å². The second-order valence-corrected chi connectivity index (χ2v) is 5.06. The summed E-state index contributed by atoms with van der Waals surface area (Å²) in [5.74, 6) is -0.229. The summed E-state index contributed by atoms with van der Waals surface area (Å²) in [6.07, 6.45) is 3.28. The van der Waals surface area contributed by atoms with E-state index in [1.54, 1.807) is 0 Å². The van der Waals surface area contributed by atoms with Crippen LogP contribution in [0.5, 0.6) is 0 Å². The van der Waals surface area contributed by atoms with Gasteiger partial charge in [0.25, 0.3) is 0 Å². The van der Waals surface area contributed by atoms with Crippen molar-refractivity contribution >= 4 is 17.3 Å². The van der Waals surface area contributed by atoms with Gasteiger partial charge in [0.15, 0.2) is 0 Å². The van der Waals surface area contributed by atoms with E-state index in [0.717, 1.165) is 16.9 Å². The lowest BCUT2D eigenvalue weighted by atomic mass is 9.97. The molecule has 2 N–H and O–H groups in total. The molecule has 1 aliphatic carbocycles. The van der Waals surface area contributed by atoms with Crippen LogP contribution in [0.3, 0.4) is 0 Å². The Bertz CT molecular complexity index is 368. The first-order valence-corrected chi connectivity index (χ1v) is 5.93. The largest absolute Gasteiger partial charge is 0.465 e. The topological polar surface area (TPSA) is 52.3 Å². The summed E-state index contributed by atoms with van der Waals surface area (Å²) in [6.45, 7) is 0.712.